The molecule has 0 spiro atoms. The van der Waals surface area contributed by atoms with Crippen LogP contribution in [0.1, 0.15) is 19.3 Å². The summed E-state index contributed by atoms with van der Waals surface area (Å²) in [5.41, 5.74) is -0.489. The highest BCUT2D eigenvalue weighted by atomic mass is 19.1. The van der Waals surface area contributed by atoms with Crippen LogP contribution in [0.5, 0.6) is 5.75 Å². The molecule has 0 unspecified atom stereocenters. The Morgan fingerprint density at radius 2 is 2.04 bits per heavy atom. The third-order valence-corrected chi connectivity index (χ3v) is 5.06. The van der Waals surface area contributed by atoms with Gasteiger partial charge in [-0.2, -0.15) is 0 Å². The Labute approximate surface area is 142 Å². The maximum Gasteiger partial charge on any atom is 0.225 e. The van der Waals surface area contributed by atoms with Crippen molar-refractivity contribution in [2.45, 2.75) is 24.9 Å². The van der Waals surface area contributed by atoms with Gasteiger partial charge in [0, 0.05) is 19.6 Å². The van der Waals surface area contributed by atoms with Crippen molar-refractivity contribution in [3.05, 3.63) is 30.1 Å². The van der Waals surface area contributed by atoms with Gasteiger partial charge in [0.2, 0.25) is 5.91 Å². The van der Waals surface area contributed by atoms with Crippen LogP contribution in [-0.4, -0.2) is 56.3 Å². The lowest BCUT2D eigenvalue weighted by molar-refractivity contribution is -0.136. The summed E-state index contributed by atoms with van der Waals surface area (Å²) in [6.45, 7) is 3.42. The molecule has 0 aromatic heterocycles. The molecule has 0 bridgehead atoms. The number of ether oxygens (including phenoxy) is 2. The molecule has 2 aliphatic heterocycles. The van der Waals surface area contributed by atoms with E-state index in [9.17, 15) is 9.18 Å². The van der Waals surface area contributed by atoms with Gasteiger partial charge in [0.15, 0.2) is 0 Å². The van der Waals surface area contributed by atoms with Crippen molar-refractivity contribution < 1.29 is 18.7 Å². The Kier molecular flexibility index (Phi) is 5.36. The SMILES string of the molecule is CO[C@]1(COc2ccc(F)cc2)CCN(C(=O)C2CCNCC2)C1. The Balaban J connectivity index is 1.57. The third-order valence-electron chi connectivity index (χ3n) is 5.06. The quantitative estimate of drug-likeness (QED) is 0.891. The molecule has 3 rings (SSSR count). The summed E-state index contributed by atoms with van der Waals surface area (Å²) in [5.74, 6) is 0.675. The summed E-state index contributed by atoms with van der Waals surface area (Å²) >= 11 is 0. The Morgan fingerprint density at radius 1 is 1.33 bits per heavy atom. The van der Waals surface area contributed by atoms with Gasteiger partial charge < -0.3 is 19.7 Å². The average molecular weight is 336 g/mol. The van der Waals surface area contributed by atoms with Crippen molar-refractivity contribution in [2.24, 2.45) is 5.92 Å². The zero-order valence-electron chi connectivity index (χ0n) is 14.1. The minimum Gasteiger partial charge on any atom is -0.491 e. The normalized spacial score (nSPS) is 25.0. The molecular formula is C18H25FN2O3. The molecule has 2 aliphatic rings. The van der Waals surface area contributed by atoms with Crippen molar-refractivity contribution in [3.63, 3.8) is 0 Å². The molecule has 1 N–H and O–H groups in total. The molecular weight excluding hydrogens is 311 g/mol. The molecule has 0 radical (unpaired) electrons. The van der Waals surface area contributed by atoms with E-state index in [-0.39, 0.29) is 17.6 Å². The predicted molar refractivity (Wildman–Crippen MR) is 88.4 cm³/mol. The monoisotopic (exact) mass is 336 g/mol. The number of likely N-dealkylation sites (tertiary alicyclic amines) is 1. The summed E-state index contributed by atoms with van der Waals surface area (Å²) in [4.78, 5) is 14.6. The summed E-state index contributed by atoms with van der Waals surface area (Å²) in [6.07, 6.45) is 2.56. The van der Waals surface area contributed by atoms with E-state index in [0.29, 0.717) is 25.4 Å². The maximum absolute atomic E-state index is 13.0. The van der Waals surface area contributed by atoms with Crippen molar-refractivity contribution in [3.8, 4) is 5.75 Å². The largest absolute Gasteiger partial charge is 0.491 e. The topological polar surface area (TPSA) is 50.8 Å². The van der Waals surface area contributed by atoms with Gasteiger partial charge in [-0.3, -0.25) is 4.79 Å². The van der Waals surface area contributed by atoms with Crippen molar-refractivity contribution in [1.82, 2.24) is 10.2 Å². The van der Waals surface area contributed by atoms with Crippen LogP contribution in [0.15, 0.2) is 24.3 Å². The second-order valence-corrected chi connectivity index (χ2v) is 6.66. The van der Waals surface area contributed by atoms with E-state index >= 15 is 0 Å². The van der Waals surface area contributed by atoms with Crippen LogP contribution in [0.2, 0.25) is 0 Å². The first kappa shape index (κ1) is 17.2. The zero-order chi connectivity index (χ0) is 17.0. The van der Waals surface area contributed by atoms with E-state index in [1.165, 1.54) is 12.1 Å². The molecule has 1 atom stereocenters. The van der Waals surface area contributed by atoms with Crippen molar-refractivity contribution >= 4 is 5.91 Å². The second kappa shape index (κ2) is 7.49. The van der Waals surface area contributed by atoms with Crippen LogP contribution >= 0.6 is 0 Å². The first-order valence-corrected chi connectivity index (χ1v) is 8.55. The summed E-state index contributed by atoms with van der Waals surface area (Å²) < 4.78 is 24.4. The lowest BCUT2D eigenvalue weighted by Gasteiger charge is -2.30. The van der Waals surface area contributed by atoms with Gasteiger partial charge in [-0.15, -0.1) is 0 Å². The Bertz CT molecular complexity index is 560. The van der Waals surface area contributed by atoms with Crippen LogP contribution in [0.3, 0.4) is 0 Å². The predicted octanol–water partition coefficient (Wildman–Crippen LogP) is 1.82. The molecule has 0 aliphatic carbocycles. The molecule has 132 valence electrons. The highest BCUT2D eigenvalue weighted by Gasteiger charge is 2.42. The van der Waals surface area contributed by atoms with E-state index in [1.54, 1.807) is 19.2 Å². The highest BCUT2D eigenvalue weighted by Crippen LogP contribution is 2.28. The standard InChI is InChI=1S/C18H25FN2O3/c1-23-18(13-24-16-4-2-15(19)3-5-16)8-11-21(12-18)17(22)14-6-9-20-10-7-14/h2-5,14,20H,6-13H2,1H3/t18-/m1/s1. The molecule has 1 aromatic carbocycles. The van der Waals surface area contributed by atoms with Crippen molar-refractivity contribution in [1.29, 1.82) is 0 Å². The van der Waals surface area contributed by atoms with Gasteiger partial charge in [-0.25, -0.2) is 4.39 Å². The highest BCUT2D eigenvalue weighted by molar-refractivity contribution is 5.79. The number of halogens is 1. The molecule has 6 heteroatoms. The number of methoxy groups -OCH3 is 1. The fourth-order valence-corrected chi connectivity index (χ4v) is 3.45. The van der Waals surface area contributed by atoms with E-state index < -0.39 is 5.60 Å². The van der Waals surface area contributed by atoms with Crippen LogP contribution in [0.25, 0.3) is 0 Å². The van der Waals surface area contributed by atoms with E-state index in [1.807, 2.05) is 4.90 Å². The number of hydrogen-bond acceptors (Lipinski definition) is 4. The van der Waals surface area contributed by atoms with Gasteiger partial charge in [-0.05, 0) is 56.6 Å². The minimum absolute atomic E-state index is 0.122. The maximum atomic E-state index is 13.0. The summed E-state index contributed by atoms with van der Waals surface area (Å²) in [7, 11) is 1.66. The lowest BCUT2D eigenvalue weighted by Crippen LogP contribution is -2.45. The van der Waals surface area contributed by atoms with E-state index in [2.05, 4.69) is 5.32 Å². The number of rotatable bonds is 5. The van der Waals surface area contributed by atoms with Crippen molar-refractivity contribution in [2.75, 3.05) is 39.9 Å². The molecule has 1 aromatic rings. The number of benzene rings is 1. The number of piperidine rings is 1. The molecule has 1 amide bonds. The van der Waals surface area contributed by atoms with Crippen LogP contribution in [0, 0.1) is 11.7 Å². The number of nitrogens with zero attached hydrogens (tertiary/aromatic N) is 1. The Morgan fingerprint density at radius 3 is 2.71 bits per heavy atom. The average Bonchev–Trinajstić information content (AvgIpc) is 3.06. The zero-order valence-corrected chi connectivity index (χ0v) is 14.1. The molecule has 2 heterocycles. The van der Waals surface area contributed by atoms with Gasteiger partial charge in [0.1, 0.15) is 23.8 Å². The Hall–Kier alpha value is -1.66. The molecule has 2 fully saturated rings. The number of carbonyl (C=O) groups is 1. The first-order chi connectivity index (χ1) is 11.6. The van der Waals surface area contributed by atoms with Crippen LogP contribution in [0.4, 0.5) is 4.39 Å². The summed E-state index contributed by atoms with van der Waals surface area (Å²) in [5, 5.41) is 3.29. The van der Waals surface area contributed by atoms with Gasteiger partial charge >= 0.3 is 0 Å². The lowest BCUT2D eigenvalue weighted by atomic mass is 9.96. The second-order valence-electron chi connectivity index (χ2n) is 6.66. The van der Waals surface area contributed by atoms with Gasteiger partial charge in [0.05, 0.1) is 6.54 Å². The molecule has 24 heavy (non-hydrogen) atoms. The van der Waals surface area contributed by atoms with Crippen LogP contribution in [-0.2, 0) is 9.53 Å². The number of nitrogens with one attached hydrogen (secondary N) is 1. The molecule has 2 saturated heterocycles. The van der Waals surface area contributed by atoms with Crippen LogP contribution < -0.4 is 10.1 Å². The fraction of sp³-hybridized carbons (Fsp3) is 0.611. The number of carbonyl (C=O) groups excluding carboxylic acids is 1. The number of amides is 1. The smallest absolute Gasteiger partial charge is 0.225 e. The number of hydrogen-bond donors (Lipinski definition) is 1. The van der Waals surface area contributed by atoms with Gasteiger partial charge in [-0.1, -0.05) is 0 Å². The first-order valence-electron chi connectivity index (χ1n) is 8.55. The minimum atomic E-state index is -0.489. The van der Waals surface area contributed by atoms with E-state index in [0.717, 1.165) is 32.4 Å². The van der Waals surface area contributed by atoms with Gasteiger partial charge in [0.25, 0.3) is 0 Å². The molecule has 0 saturated carbocycles. The molecule has 5 nitrogen and oxygen atoms in total. The van der Waals surface area contributed by atoms with E-state index in [4.69, 9.17) is 9.47 Å². The fourth-order valence-electron chi connectivity index (χ4n) is 3.45. The summed E-state index contributed by atoms with van der Waals surface area (Å²) in [6, 6.07) is 5.95. The third kappa shape index (κ3) is 3.87.